The fourth-order valence-corrected chi connectivity index (χ4v) is 2.54. The van der Waals surface area contributed by atoms with Crippen LogP contribution < -0.4 is 20.5 Å². The molecule has 0 aliphatic carbocycles. The van der Waals surface area contributed by atoms with Gasteiger partial charge < -0.3 is 9.64 Å². The van der Waals surface area contributed by atoms with E-state index in [-0.39, 0.29) is 12.5 Å². The lowest BCUT2D eigenvalue weighted by molar-refractivity contribution is -0.123. The van der Waals surface area contributed by atoms with Gasteiger partial charge >= 0.3 is 0 Å². The molecule has 144 valence electrons. The Balaban J connectivity index is 1.88. The predicted octanol–water partition coefficient (Wildman–Crippen LogP) is 3.11. The molecule has 0 spiro atoms. The third kappa shape index (κ3) is 5.74. The average molecular weight is 369 g/mol. The van der Waals surface area contributed by atoms with Gasteiger partial charge in [-0.25, -0.2) is 0 Å². The van der Waals surface area contributed by atoms with E-state index >= 15 is 0 Å². The maximum atomic E-state index is 12.2. The van der Waals surface area contributed by atoms with Crippen LogP contribution in [0.4, 0.5) is 5.69 Å². The Kier molecular flexibility index (Phi) is 7.23. The summed E-state index contributed by atoms with van der Waals surface area (Å²) >= 11 is 0. The van der Waals surface area contributed by atoms with E-state index < -0.39 is 5.91 Å². The van der Waals surface area contributed by atoms with Crippen LogP contribution in [0.3, 0.4) is 0 Å². The molecule has 0 aliphatic rings. The van der Waals surface area contributed by atoms with Crippen molar-refractivity contribution in [1.82, 2.24) is 10.9 Å². The van der Waals surface area contributed by atoms with Crippen molar-refractivity contribution in [1.29, 1.82) is 0 Å². The predicted molar refractivity (Wildman–Crippen MR) is 107 cm³/mol. The minimum absolute atomic E-state index is 0.175. The Bertz CT molecular complexity index is 790. The van der Waals surface area contributed by atoms with Gasteiger partial charge in [0.25, 0.3) is 11.8 Å². The molecule has 0 saturated heterocycles. The molecule has 0 heterocycles. The Hall–Kier alpha value is -3.02. The molecule has 2 amide bonds. The SMILES string of the molecule is CCC(C)c1ccccc1OCC(=O)NNC(=O)c1cccc(N(C)C)c1. The van der Waals surface area contributed by atoms with Crippen molar-refractivity contribution in [3.8, 4) is 5.75 Å². The fraction of sp³-hybridized carbons (Fsp3) is 0.333. The van der Waals surface area contributed by atoms with Crippen LogP contribution in [-0.4, -0.2) is 32.5 Å². The molecule has 2 rings (SSSR count). The van der Waals surface area contributed by atoms with Crippen molar-refractivity contribution < 1.29 is 14.3 Å². The van der Waals surface area contributed by atoms with Crippen LogP contribution in [0, 0.1) is 0 Å². The summed E-state index contributed by atoms with van der Waals surface area (Å²) in [6.45, 7) is 4.05. The quantitative estimate of drug-likeness (QED) is 0.736. The van der Waals surface area contributed by atoms with E-state index in [2.05, 4.69) is 24.7 Å². The molecule has 0 fully saturated rings. The van der Waals surface area contributed by atoms with Crippen LogP contribution >= 0.6 is 0 Å². The Labute approximate surface area is 160 Å². The molecule has 0 radical (unpaired) electrons. The minimum atomic E-state index is -0.425. The van der Waals surface area contributed by atoms with Gasteiger partial charge in [0.2, 0.25) is 0 Å². The highest BCUT2D eigenvalue weighted by Gasteiger charge is 2.12. The molecule has 1 atom stereocenters. The molecule has 2 aromatic carbocycles. The number of hydrogen-bond acceptors (Lipinski definition) is 4. The van der Waals surface area contributed by atoms with Gasteiger partial charge in [0.15, 0.2) is 6.61 Å². The van der Waals surface area contributed by atoms with Gasteiger partial charge in [-0.05, 0) is 42.2 Å². The normalized spacial score (nSPS) is 11.4. The van der Waals surface area contributed by atoms with E-state index in [1.807, 2.05) is 49.3 Å². The molecule has 27 heavy (non-hydrogen) atoms. The molecule has 0 bridgehead atoms. The van der Waals surface area contributed by atoms with Crippen LogP contribution in [0.2, 0.25) is 0 Å². The lowest BCUT2D eigenvalue weighted by Crippen LogP contribution is -2.43. The largest absolute Gasteiger partial charge is 0.483 e. The number of nitrogens with one attached hydrogen (secondary N) is 2. The zero-order valence-corrected chi connectivity index (χ0v) is 16.3. The number of hydrogen-bond donors (Lipinski definition) is 2. The summed E-state index contributed by atoms with van der Waals surface area (Å²) in [7, 11) is 3.79. The first-order valence-corrected chi connectivity index (χ1v) is 9.00. The number of ether oxygens (including phenoxy) is 1. The van der Waals surface area contributed by atoms with Gasteiger partial charge in [-0.3, -0.25) is 20.4 Å². The number of rotatable bonds is 7. The summed E-state index contributed by atoms with van der Waals surface area (Å²) < 4.78 is 5.64. The Morgan fingerprint density at radius 3 is 2.52 bits per heavy atom. The van der Waals surface area contributed by atoms with Gasteiger partial charge in [0, 0.05) is 25.3 Å². The summed E-state index contributed by atoms with van der Waals surface area (Å²) in [4.78, 5) is 26.1. The molecule has 6 heteroatoms. The molecule has 0 aliphatic heterocycles. The van der Waals surface area contributed by atoms with Crippen molar-refractivity contribution in [2.75, 3.05) is 25.6 Å². The second-order valence-corrected chi connectivity index (χ2v) is 6.58. The van der Waals surface area contributed by atoms with Crippen molar-refractivity contribution in [2.45, 2.75) is 26.2 Å². The third-order valence-electron chi connectivity index (χ3n) is 4.36. The first-order valence-electron chi connectivity index (χ1n) is 9.00. The number of para-hydroxylation sites is 1. The number of carbonyl (C=O) groups is 2. The maximum Gasteiger partial charge on any atom is 0.276 e. The molecular weight excluding hydrogens is 342 g/mol. The number of carbonyl (C=O) groups excluding carboxylic acids is 2. The zero-order chi connectivity index (χ0) is 19.8. The molecule has 2 N–H and O–H groups in total. The fourth-order valence-electron chi connectivity index (χ4n) is 2.54. The number of benzene rings is 2. The van der Waals surface area contributed by atoms with Crippen LogP contribution in [0.1, 0.15) is 42.1 Å². The second-order valence-electron chi connectivity index (χ2n) is 6.58. The highest BCUT2D eigenvalue weighted by Crippen LogP contribution is 2.28. The van der Waals surface area contributed by atoms with Crippen molar-refractivity contribution >= 4 is 17.5 Å². The average Bonchev–Trinajstić information content (AvgIpc) is 2.70. The summed E-state index contributed by atoms with van der Waals surface area (Å²) in [5.74, 6) is 0.220. The van der Waals surface area contributed by atoms with Crippen LogP contribution in [0.5, 0.6) is 5.75 Å². The van der Waals surface area contributed by atoms with E-state index in [0.29, 0.717) is 17.2 Å². The van der Waals surface area contributed by atoms with Crippen molar-refractivity contribution in [3.05, 3.63) is 59.7 Å². The smallest absolute Gasteiger partial charge is 0.276 e. The van der Waals surface area contributed by atoms with Crippen LogP contribution in [0.15, 0.2) is 48.5 Å². The number of amides is 2. The lowest BCUT2D eigenvalue weighted by Gasteiger charge is -2.16. The topological polar surface area (TPSA) is 70.7 Å². The van der Waals surface area contributed by atoms with Crippen LogP contribution in [-0.2, 0) is 4.79 Å². The van der Waals surface area contributed by atoms with E-state index in [1.54, 1.807) is 18.2 Å². The standard InChI is InChI=1S/C21H27N3O3/c1-5-15(2)18-11-6-7-12-19(18)27-14-20(25)22-23-21(26)16-9-8-10-17(13-16)24(3)4/h6-13,15H,5,14H2,1-4H3,(H,22,25)(H,23,26). The highest BCUT2D eigenvalue weighted by molar-refractivity contribution is 5.96. The first-order chi connectivity index (χ1) is 12.9. The minimum Gasteiger partial charge on any atom is -0.483 e. The monoisotopic (exact) mass is 369 g/mol. The number of hydrazine groups is 1. The van der Waals surface area contributed by atoms with Gasteiger partial charge in [-0.1, -0.05) is 38.1 Å². The van der Waals surface area contributed by atoms with E-state index in [9.17, 15) is 9.59 Å². The maximum absolute atomic E-state index is 12.2. The lowest BCUT2D eigenvalue weighted by atomic mass is 9.98. The van der Waals surface area contributed by atoms with Crippen molar-refractivity contribution in [2.24, 2.45) is 0 Å². The molecule has 2 aromatic rings. The van der Waals surface area contributed by atoms with Gasteiger partial charge in [-0.2, -0.15) is 0 Å². The Morgan fingerprint density at radius 2 is 1.81 bits per heavy atom. The Morgan fingerprint density at radius 1 is 1.07 bits per heavy atom. The molecule has 0 saturated carbocycles. The van der Waals surface area contributed by atoms with Gasteiger partial charge in [-0.15, -0.1) is 0 Å². The molecular formula is C21H27N3O3. The highest BCUT2D eigenvalue weighted by atomic mass is 16.5. The summed E-state index contributed by atoms with van der Waals surface area (Å²) in [5, 5.41) is 0. The van der Waals surface area contributed by atoms with Crippen LogP contribution in [0.25, 0.3) is 0 Å². The number of nitrogens with zero attached hydrogens (tertiary/aromatic N) is 1. The number of anilines is 1. The van der Waals surface area contributed by atoms with Crippen molar-refractivity contribution in [3.63, 3.8) is 0 Å². The second kappa shape index (κ2) is 9.62. The van der Waals surface area contributed by atoms with Gasteiger partial charge in [0.1, 0.15) is 5.75 Å². The first kappa shape index (κ1) is 20.3. The molecule has 0 aromatic heterocycles. The van der Waals surface area contributed by atoms with Gasteiger partial charge in [0.05, 0.1) is 0 Å². The summed E-state index contributed by atoms with van der Waals surface area (Å²) in [5.41, 5.74) is 7.23. The summed E-state index contributed by atoms with van der Waals surface area (Å²) in [6, 6.07) is 14.8. The zero-order valence-electron chi connectivity index (χ0n) is 16.3. The van der Waals surface area contributed by atoms with E-state index in [4.69, 9.17) is 4.74 Å². The third-order valence-corrected chi connectivity index (χ3v) is 4.36. The summed E-state index contributed by atoms with van der Waals surface area (Å²) in [6.07, 6.45) is 0.981. The molecule has 6 nitrogen and oxygen atoms in total. The molecule has 1 unspecified atom stereocenters. The van der Waals surface area contributed by atoms with E-state index in [0.717, 1.165) is 17.7 Å². The van der Waals surface area contributed by atoms with E-state index in [1.165, 1.54) is 0 Å².